The highest BCUT2D eigenvalue weighted by molar-refractivity contribution is 6.08. The summed E-state index contributed by atoms with van der Waals surface area (Å²) in [7, 11) is 0. The molecule has 1 saturated carbocycles. The normalized spacial score (nSPS) is 13.6. The number of hydrogen-bond acceptors (Lipinski definition) is 4. The van der Waals surface area contributed by atoms with Gasteiger partial charge in [-0.25, -0.2) is 9.97 Å². The highest BCUT2D eigenvalue weighted by Crippen LogP contribution is 2.30. The number of H-pyrrole nitrogens is 1. The average Bonchev–Trinajstić information content (AvgIpc) is 3.43. The van der Waals surface area contributed by atoms with Crippen molar-refractivity contribution >= 4 is 34.4 Å². The van der Waals surface area contributed by atoms with E-state index < -0.39 is 0 Å². The van der Waals surface area contributed by atoms with Crippen LogP contribution in [0, 0.1) is 19.8 Å². The Bertz CT molecular complexity index is 1000. The number of hydrogen-bond donors (Lipinski definition) is 3. The molecule has 0 saturated heterocycles. The fourth-order valence-corrected chi connectivity index (χ4v) is 2.86. The number of nitrogens with one attached hydrogen (secondary N) is 3. The molecular formula is C19H19N5O2. The summed E-state index contributed by atoms with van der Waals surface area (Å²) in [6, 6.07) is 6.84. The van der Waals surface area contributed by atoms with Gasteiger partial charge in [0.05, 0.1) is 5.39 Å². The number of rotatable bonds is 4. The summed E-state index contributed by atoms with van der Waals surface area (Å²) in [5.41, 5.74) is 3.88. The molecule has 0 radical (unpaired) electrons. The van der Waals surface area contributed by atoms with E-state index in [1.54, 1.807) is 24.3 Å². The molecule has 1 aliphatic rings. The lowest BCUT2D eigenvalue weighted by Gasteiger charge is -2.08. The molecule has 0 atom stereocenters. The number of aryl methyl sites for hydroxylation is 2. The van der Waals surface area contributed by atoms with Crippen molar-refractivity contribution in [2.45, 2.75) is 26.7 Å². The van der Waals surface area contributed by atoms with Crippen molar-refractivity contribution in [3.8, 4) is 0 Å². The predicted octanol–water partition coefficient (Wildman–Crippen LogP) is 3.18. The fourth-order valence-electron chi connectivity index (χ4n) is 2.86. The van der Waals surface area contributed by atoms with Crippen molar-refractivity contribution in [3.63, 3.8) is 0 Å². The van der Waals surface area contributed by atoms with Gasteiger partial charge >= 0.3 is 0 Å². The minimum absolute atomic E-state index is 0.0453. The van der Waals surface area contributed by atoms with E-state index in [9.17, 15) is 9.59 Å². The van der Waals surface area contributed by atoms with Crippen LogP contribution in [-0.2, 0) is 4.79 Å². The molecule has 1 aromatic carbocycles. The Balaban J connectivity index is 1.52. The Morgan fingerprint density at radius 3 is 2.50 bits per heavy atom. The number of nitrogens with zero attached hydrogens (tertiary/aromatic N) is 2. The van der Waals surface area contributed by atoms with Gasteiger partial charge in [-0.15, -0.1) is 0 Å². The van der Waals surface area contributed by atoms with E-state index >= 15 is 0 Å². The van der Waals surface area contributed by atoms with Crippen molar-refractivity contribution in [3.05, 3.63) is 47.4 Å². The Labute approximate surface area is 150 Å². The van der Waals surface area contributed by atoms with Gasteiger partial charge in [0.1, 0.15) is 17.8 Å². The smallest absolute Gasteiger partial charge is 0.256 e. The third kappa shape index (κ3) is 3.03. The lowest BCUT2D eigenvalue weighted by Crippen LogP contribution is -2.15. The first kappa shape index (κ1) is 16.3. The van der Waals surface area contributed by atoms with Crippen LogP contribution in [0.4, 0.5) is 11.5 Å². The molecule has 2 aromatic heterocycles. The van der Waals surface area contributed by atoms with Gasteiger partial charge in [-0.3, -0.25) is 9.59 Å². The molecule has 7 nitrogen and oxygen atoms in total. The van der Waals surface area contributed by atoms with E-state index in [4.69, 9.17) is 0 Å². The Morgan fingerprint density at radius 2 is 1.81 bits per heavy atom. The summed E-state index contributed by atoms with van der Waals surface area (Å²) in [5, 5.41) is 6.52. The van der Waals surface area contributed by atoms with Gasteiger partial charge in [0, 0.05) is 22.9 Å². The number of anilines is 2. The monoisotopic (exact) mass is 349 g/mol. The molecule has 0 spiro atoms. The van der Waals surface area contributed by atoms with Crippen LogP contribution in [0.3, 0.4) is 0 Å². The first-order valence-electron chi connectivity index (χ1n) is 8.55. The zero-order valence-corrected chi connectivity index (χ0v) is 14.6. The molecule has 1 aliphatic carbocycles. The molecule has 0 aliphatic heterocycles. The average molecular weight is 349 g/mol. The molecular weight excluding hydrogens is 330 g/mol. The van der Waals surface area contributed by atoms with Crippen LogP contribution in [0.2, 0.25) is 0 Å². The zero-order valence-electron chi connectivity index (χ0n) is 14.6. The van der Waals surface area contributed by atoms with E-state index in [0.29, 0.717) is 22.7 Å². The predicted molar refractivity (Wildman–Crippen MR) is 99.1 cm³/mol. The molecule has 132 valence electrons. The molecule has 2 amide bonds. The summed E-state index contributed by atoms with van der Waals surface area (Å²) >= 11 is 0. The lowest BCUT2D eigenvalue weighted by molar-refractivity contribution is -0.117. The Hall–Kier alpha value is -3.22. The van der Waals surface area contributed by atoms with Crippen LogP contribution in [0.15, 0.2) is 30.6 Å². The number of amides is 2. The van der Waals surface area contributed by atoms with Crippen molar-refractivity contribution in [1.29, 1.82) is 0 Å². The molecule has 3 aromatic rings. The molecule has 3 N–H and O–H groups in total. The summed E-state index contributed by atoms with van der Waals surface area (Å²) in [6.45, 7) is 3.92. The van der Waals surface area contributed by atoms with E-state index in [1.807, 2.05) is 13.8 Å². The number of aromatic nitrogens is 3. The van der Waals surface area contributed by atoms with Crippen molar-refractivity contribution in [2.75, 3.05) is 10.6 Å². The summed E-state index contributed by atoms with van der Waals surface area (Å²) < 4.78 is 0. The second-order valence-electron chi connectivity index (χ2n) is 6.62. The van der Waals surface area contributed by atoms with Gasteiger partial charge in [-0.1, -0.05) is 0 Å². The third-order valence-electron chi connectivity index (χ3n) is 4.69. The first-order chi connectivity index (χ1) is 12.5. The molecule has 26 heavy (non-hydrogen) atoms. The van der Waals surface area contributed by atoms with Crippen LogP contribution >= 0.6 is 0 Å². The van der Waals surface area contributed by atoms with Gasteiger partial charge in [0.15, 0.2) is 0 Å². The highest BCUT2D eigenvalue weighted by atomic mass is 16.2. The second-order valence-corrected chi connectivity index (χ2v) is 6.62. The number of carbonyl (C=O) groups excluding carboxylic acids is 2. The van der Waals surface area contributed by atoms with Gasteiger partial charge in [0.25, 0.3) is 5.91 Å². The third-order valence-corrected chi connectivity index (χ3v) is 4.69. The van der Waals surface area contributed by atoms with E-state index in [-0.39, 0.29) is 17.7 Å². The number of carbonyl (C=O) groups is 2. The SMILES string of the molecule is Cc1[nH]c2ncnc(NC(=O)c3ccc(NC(=O)C4CC4)cc3)c2c1C. The minimum atomic E-state index is -0.261. The van der Waals surface area contributed by atoms with E-state index in [2.05, 4.69) is 25.6 Å². The Morgan fingerprint density at radius 1 is 1.08 bits per heavy atom. The zero-order chi connectivity index (χ0) is 18.3. The summed E-state index contributed by atoms with van der Waals surface area (Å²) in [4.78, 5) is 35.9. The molecule has 2 heterocycles. The quantitative estimate of drug-likeness (QED) is 0.673. The largest absolute Gasteiger partial charge is 0.343 e. The Kier molecular flexibility index (Phi) is 3.91. The highest BCUT2D eigenvalue weighted by Gasteiger charge is 2.29. The second kappa shape index (κ2) is 6.25. The van der Waals surface area contributed by atoms with Crippen molar-refractivity contribution in [2.24, 2.45) is 5.92 Å². The molecule has 0 unspecified atom stereocenters. The van der Waals surface area contributed by atoms with Crippen LogP contribution < -0.4 is 10.6 Å². The topological polar surface area (TPSA) is 99.8 Å². The number of benzene rings is 1. The van der Waals surface area contributed by atoms with Gasteiger partial charge < -0.3 is 15.6 Å². The molecule has 7 heteroatoms. The first-order valence-corrected chi connectivity index (χ1v) is 8.55. The lowest BCUT2D eigenvalue weighted by atomic mass is 10.1. The van der Waals surface area contributed by atoms with E-state index in [1.165, 1.54) is 6.33 Å². The van der Waals surface area contributed by atoms with E-state index in [0.717, 1.165) is 29.5 Å². The van der Waals surface area contributed by atoms with Crippen LogP contribution in [0.1, 0.15) is 34.5 Å². The van der Waals surface area contributed by atoms with Crippen LogP contribution in [0.5, 0.6) is 0 Å². The van der Waals surface area contributed by atoms with Gasteiger partial charge in [-0.05, 0) is 56.5 Å². The van der Waals surface area contributed by atoms with Gasteiger partial charge in [-0.2, -0.15) is 0 Å². The maximum Gasteiger partial charge on any atom is 0.256 e. The fraction of sp³-hybridized carbons (Fsp3) is 0.263. The van der Waals surface area contributed by atoms with Crippen LogP contribution in [0.25, 0.3) is 11.0 Å². The number of fused-ring (bicyclic) bond motifs is 1. The maximum atomic E-state index is 12.6. The maximum absolute atomic E-state index is 12.6. The van der Waals surface area contributed by atoms with Gasteiger partial charge in [0.2, 0.25) is 5.91 Å². The standard InChI is InChI=1S/C19H19N5O2/c1-10-11(2)22-16-15(10)17(21-9-20-16)24-19(26)13-5-7-14(8-6-13)23-18(25)12-3-4-12/h5-9,12H,3-4H2,1-2H3,(H,23,25)(H2,20,21,22,24,26). The summed E-state index contributed by atoms with van der Waals surface area (Å²) in [6.07, 6.45) is 3.33. The molecule has 0 bridgehead atoms. The summed E-state index contributed by atoms with van der Waals surface area (Å²) in [5.74, 6) is 0.409. The van der Waals surface area contributed by atoms with Crippen LogP contribution in [-0.4, -0.2) is 26.8 Å². The number of aromatic amines is 1. The van der Waals surface area contributed by atoms with Crippen molar-refractivity contribution in [1.82, 2.24) is 15.0 Å². The minimum Gasteiger partial charge on any atom is -0.343 e. The molecule has 4 rings (SSSR count). The molecule has 1 fully saturated rings. The van der Waals surface area contributed by atoms with Crippen molar-refractivity contribution < 1.29 is 9.59 Å².